The fourth-order valence-corrected chi connectivity index (χ4v) is 2.29. The molecule has 1 unspecified atom stereocenters. The minimum atomic E-state index is 0.343. The highest BCUT2D eigenvalue weighted by atomic mass is 15.5. The summed E-state index contributed by atoms with van der Waals surface area (Å²) in [5.74, 6) is 1.48. The van der Waals surface area contributed by atoms with Gasteiger partial charge in [0.25, 0.3) is 0 Å². The first-order valence-electron chi connectivity index (χ1n) is 6.31. The van der Waals surface area contributed by atoms with Crippen molar-refractivity contribution in [1.29, 1.82) is 0 Å². The van der Waals surface area contributed by atoms with Crippen LogP contribution in [-0.4, -0.2) is 20.2 Å². The molecular weight excluding hydrogens is 226 g/mol. The number of nitrogen functional groups attached to an aromatic ring is 1. The molecule has 1 aliphatic carbocycles. The molecule has 0 spiro atoms. The molecule has 3 rings (SSSR count). The summed E-state index contributed by atoms with van der Waals surface area (Å²) in [6.07, 6.45) is 2.54. The molecule has 0 amide bonds. The third-order valence-corrected chi connectivity index (χ3v) is 3.63. The summed E-state index contributed by atoms with van der Waals surface area (Å²) < 4.78 is 1.91. The molecule has 1 saturated carbocycles. The molecule has 0 radical (unpaired) electrons. The van der Waals surface area contributed by atoms with Gasteiger partial charge >= 0.3 is 0 Å². The number of nitrogens with zero attached hydrogens (tertiary/aromatic N) is 4. The Hall–Kier alpha value is -1.91. The predicted octanol–water partition coefficient (Wildman–Crippen LogP) is 2.20. The molecule has 0 saturated heterocycles. The van der Waals surface area contributed by atoms with Crippen LogP contribution in [0.15, 0.2) is 18.2 Å². The molecule has 1 atom stereocenters. The maximum absolute atomic E-state index is 6.03. The normalized spacial score (nSPS) is 16.8. The van der Waals surface area contributed by atoms with Crippen molar-refractivity contribution in [3.8, 4) is 11.4 Å². The fourth-order valence-electron chi connectivity index (χ4n) is 2.29. The van der Waals surface area contributed by atoms with E-state index in [1.807, 2.05) is 29.8 Å². The van der Waals surface area contributed by atoms with Crippen molar-refractivity contribution in [2.75, 3.05) is 5.73 Å². The van der Waals surface area contributed by atoms with Gasteiger partial charge in [-0.25, -0.2) is 4.68 Å². The van der Waals surface area contributed by atoms with Gasteiger partial charge in [0.05, 0.1) is 6.04 Å². The molecule has 1 heterocycles. The number of benzene rings is 1. The lowest BCUT2D eigenvalue weighted by Crippen LogP contribution is -2.11. The zero-order valence-corrected chi connectivity index (χ0v) is 10.7. The average molecular weight is 243 g/mol. The average Bonchev–Trinajstić information content (AvgIpc) is 3.09. The Labute approximate surface area is 106 Å². The number of hydrogen-bond acceptors (Lipinski definition) is 4. The standard InChI is InChI=1S/C13H17N5/c1-8-3-6-12(14)11(7-8)13-15-16-17-18(13)9(2)10-4-5-10/h3,6-7,9-10H,4-5,14H2,1-2H3. The van der Waals surface area contributed by atoms with Crippen molar-refractivity contribution < 1.29 is 0 Å². The van der Waals surface area contributed by atoms with Gasteiger partial charge < -0.3 is 5.73 Å². The smallest absolute Gasteiger partial charge is 0.184 e. The highest BCUT2D eigenvalue weighted by Gasteiger charge is 2.31. The largest absolute Gasteiger partial charge is 0.398 e. The molecule has 1 fully saturated rings. The zero-order valence-electron chi connectivity index (χ0n) is 10.7. The van der Waals surface area contributed by atoms with Gasteiger partial charge in [0.2, 0.25) is 0 Å². The van der Waals surface area contributed by atoms with E-state index in [9.17, 15) is 0 Å². The van der Waals surface area contributed by atoms with Gasteiger partial charge in [-0.15, -0.1) is 5.10 Å². The maximum Gasteiger partial charge on any atom is 0.184 e. The van der Waals surface area contributed by atoms with Crippen molar-refractivity contribution in [3.63, 3.8) is 0 Å². The Morgan fingerprint density at radius 2 is 2.17 bits per heavy atom. The Bertz CT molecular complexity index is 571. The van der Waals surface area contributed by atoms with Crippen molar-refractivity contribution in [1.82, 2.24) is 20.2 Å². The number of hydrogen-bond donors (Lipinski definition) is 1. The first-order valence-corrected chi connectivity index (χ1v) is 6.31. The van der Waals surface area contributed by atoms with E-state index in [1.54, 1.807) is 0 Å². The van der Waals surface area contributed by atoms with Crippen molar-refractivity contribution in [2.24, 2.45) is 5.92 Å². The highest BCUT2D eigenvalue weighted by Crippen LogP contribution is 2.40. The number of aryl methyl sites for hydroxylation is 1. The Morgan fingerprint density at radius 3 is 2.89 bits per heavy atom. The van der Waals surface area contributed by atoms with Crippen LogP contribution in [0.1, 0.15) is 31.4 Å². The number of nitrogens with two attached hydrogens (primary N) is 1. The van der Waals surface area contributed by atoms with Crippen LogP contribution in [0, 0.1) is 12.8 Å². The highest BCUT2D eigenvalue weighted by molar-refractivity contribution is 5.72. The quantitative estimate of drug-likeness (QED) is 0.839. The van der Waals surface area contributed by atoms with E-state index in [-0.39, 0.29) is 0 Å². The molecule has 1 aliphatic rings. The summed E-state index contributed by atoms with van der Waals surface area (Å²) in [6.45, 7) is 4.21. The van der Waals surface area contributed by atoms with Crippen LogP contribution in [0.25, 0.3) is 11.4 Å². The minimum absolute atomic E-state index is 0.343. The van der Waals surface area contributed by atoms with Crippen LogP contribution in [0.4, 0.5) is 5.69 Å². The number of anilines is 1. The summed E-state index contributed by atoms with van der Waals surface area (Å²) in [7, 11) is 0. The summed E-state index contributed by atoms with van der Waals surface area (Å²) in [5, 5.41) is 12.1. The van der Waals surface area contributed by atoms with Gasteiger partial charge in [-0.05, 0) is 55.2 Å². The van der Waals surface area contributed by atoms with E-state index >= 15 is 0 Å². The number of tetrazole rings is 1. The molecule has 0 bridgehead atoms. The maximum atomic E-state index is 6.03. The van der Waals surface area contributed by atoms with Gasteiger partial charge in [0.15, 0.2) is 5.82 Å². The van der Waals surface area contributed by atoms with Gasteiger partial charge in [-0.2, -0.15) is 0 Å². The van der Waals surface area contributed by atoms with E-state index in [1.165, 1.54) is 12.8 Å². The second kappa shape index (κ2) is 4.08. The molecule has 1 aromatic heterocycles. The lowest BCUT2D eigenvalue weighted by molar-refractivity contribution is 0.433. The van der Waals surface area contributed by atoms with Crippen LogP contribution >= 0.6 is 0 Å². The third-order valence-electron chi connectivity index (χ3n) is 3.63. The van der Waals surface area contributed by atoms with Gasteiger partial charge in [0.1, 0.15) is 0 Å². The van der Waals surface area contributed by atoms with Crippen LogP contribution in [0.5, 0.6) is 0 Å². The van der Waals surface area contributed by atoms with E-state index in [0.717, 1.165) is 22.6 Å². The van der Waals surface area contributed by atoms with Crippen LogP contribution in [-0.2, 0) is 0 Å². The predicted molar refractivity (Wildman–Crippen MR) is 69.8 cm³/mol. The fraction of sp³-hybridized carbons (Fsp3) is 0.462. The Balaban J connectivity index is 2.06. The van der Waals surface area contributed by atoms with Crippen molar-refractivity contribution >= 4 is 5.69 Å². The number of rotatable bonds is 3. The first-order chi connectivity index (χ1) is 8.66. The zero-order chi connectivity index (χ0) is 12.7. The summed E-state index contributed by atoms with van der Waals surface area (Å²) in [4.78, 5) is 0. The van der Waals surface area contributed by atoms with Gasteiger partial charge in [0, 0.05) is 11.3 Å². The Kier molecular flexibility index (Phi) is 2.54. The Morgan fingerprint density at radius 1 is 1.39 bits per heavy atom. The summed E-state index contributed by atoms with van der Waals surface area (Å²) in [6, 6.07) is 6.29. The summed E-state index contributed by atoms with van der Waals surface area (Å²) in [5.41, 5.74) is 8.84. The monoisotopic (exact) mass is 243 g/mol. The molecule has 2 N–H and O–H groups in total. The van der Waals surface area contributed by atoms with E-state index < -0.39 is 0 Å². The first kappa shape index (κ1) is 11.2. The van der Waals surface area contributed by atoms with Gasteiger partial charge in [-0.3, -0.25) is 0 Å². The van der Waals surface area contributed by atoms with Crippen LogP contribution in [0.3, 0.4) is 0 Å². The lowest BCUT2D eigenvalue weighted by atomic mass is 10.1. The van der Waals surface area contributed by atoms with Crippen LogP contribution in [0.2, 0.25) is 0 Å². The third kappa shape index (κ3) is 1.85. The number of aromatic nitrogens is 4. The molecule has 5 nitrogen and oxygen atoms in total. The van der Waals surface area contributed by atoms with Crippen molar-refractivity contribution in [3.05, 3.63) is 23.8 Å². The second-order valence-corrected chi connectivity index (χ2v) is 5.12. The molecule has 0 aliphatic heterocycles. The molecule has 94 valence electrons. The molecule has 5 heteroatoms. The van der Waals surface area contributed by atoms with E-state index in [0.29, 0.717) is 12.0 Å². The van der Waals surface area contributed by atoms with E-state index in [4.69, 9.17) is 5.73 Å². The minimum Gasteiger partial charge on any atom is -0.398 e. The molecule has 18 heavy (non-hydrogen) atoms. The van der Waals surface area contributed by atoms with Crippen LogP contribution < -0.4 is 5.73 Å². The lowest BCUT2D eigenvalue weighted by Gasteiger charge is -2.13. The van der Waals surface area contributed by atoms with Crippen molar-refractivity contribution in [2.45, 2.75) is 32.7 Å². The second-order valence-electron chi connectivity index (χ2n) is 5.12. The molecule has 1 aromatic carbocycles. The SMILES string of the molecule is Cc1ccc(N)c(-c2nnnn2C(C)C2CC2)c1. The summed E-state index contributed by atoms with van der Waals surface area (Å²) >= 11 is 0. The molecule has 2 aromatic rings. The van der Waals surface area contributed by atoms with E-state index in [2.05, 4.69) is 22.4 Å². The topological polar surface area (TPSA) is 69.6 Å². The molecular formula is C13H17N5. The van der Waals surface area contributed by atoms with Gasteiger partial charge in [-0.1, -0.05) is 11.6 Å².